The highest BCUT2D eigenvalue weighted by Gasteiger charge is 2.78. The molecular weight excluding hydrogens is 476 g/mol. The van der Waals surface area contributed by atoms with E-state index in [1.165, 1.54) is 6.42 Å². The van der Waals surface area contributed by atoms with Crippen LogP contribution in [-0.2, 0) is 19.1 Å². The molecule has 1 aliphatic carbocycles. The summed E-state index contributed by atoms with van der Waals surface area (Å²) in [6.45, 7) is 12.3. The molecule has 1 saturated carbocycles. The number of hydrogen-bond donors (Lipinski definition) is 1. The molecular formula is C28H44N2O5S. The number of amides is 2. The number of carbonyl (C=O) groups is 3. The highest BCUT2D eigenvalue weighted by Crippen LogP contribution is 2.72. The minimum absolute atomic E-state index is 0.0193. The topological polar surface area (TPSA) is 87.2 Å². The van der Waals surface area contributed by atoms with Gasteiger partial charge in [0.15, 0.2) is 0 Å². The summed E-state index contributed by atoms with van der Waals surface area (Å²) in [6.07, 6.45) is 9.32. The third kappa shape index (κ3) is 4.20. The van der Waals surface area contributed by atoms with Gasteiger partial charge in [0.2, 0.25) is 11.8 Å². The Hall–Kier alpha value is -1.54. The van der Waals surface area contributed by atoms with Crippen LogP contribution in [0, 0.1) is 17.8 Å². The molecule has 3 aliphatic heterocycles. The number of aliphatic hydroxyl groups is 1. The molecule has 0 aromatic heterocycles. The summed E-state index contributed by atoms with van der Waals surface area (Å²) >= 11 is 1.67. The van der Waals surface area contributed by atoms with Crippen molar-refractivity contribution in [2.45, 2.75) is 107 Å². The van der Waals surface area contributed by atoms with Crippen molar-refractivity contribution in [3.8, 4) is 0 Å². The van der Waals surface area contributed by atoms with Gasteiger partial charge in [0.05, 0.1) is 35.8 Å². The van der Waals surface area contributed by atoms with Crippen LogP contribution in [0.25, 0.3) is 0 Å². The molecule has 3 heterocycles. The van der Waals surface area contributed by atoms with E-state index in [1.807, 2.05) is 18.7 Å². The van der Waals surface area contributed by atoms with Gasteiger partial charge in [-0.25, -0.2) is 0 Å². The Kier molecular flexibility index (Phi) is 8.15. The average Bonchev–Trinajstić information content (AvgIpc) is 3.44. The van der Waals surface area contributed by atoms with Gasteiger partial charge < -0.3 is 19.6 Å². The number of rotatable bonds is 10. The van der Waals surface area contributed by atoms with Crippen molar-refractivity contribution >= 4 is 29.5 Å². The summed E-state index contributed by atoms with van der Waals surface area (Å²) in [5.41, 5.74) is 0. The minimum atomic E-state index is -0.700. The number of thioether (sulfide) groups is 1. The van der Waals surface area contributed by atoms with Crippen molar-refractivity contribution in [3.63, 3.8) is 0 Å². The van der Waals surface area contributed by atoms with E-state index in [9.17, 15) is 19.5 Å². The lowest BCUT2D eigenvalue weighted by molar-refractivity contribution is -0.156. The molecule has 4 rings (SSSR count). The predicted molar refractivity (Wildman–Crippen MR) is 141 cm³/mol. The molecule has 4 fully saturated rings. The normalized spacial score (nSPS) is 35.4. The first kappa shape index (κ1) is 27.5. The van der Waals surface area contributed by atoms with Gasteiger partial charge in [0.25, 0.3) is 0 Å². The Morgan fingerprint density at radius 3 is 2.56 bits per heavy atom. The average molecular weight is 521 g/mol. The van der Waals surface area contributed by atoms with Crippen molar-refractivity contribution in [1.29, 1.82) is 0 Å². The molecule has 0 radical (unpaired) electrons. The van der Waals surface area contributed by atoms with E-state index < -0.39 is 33.4 Å². The molecule has 4 aliphatic rings. The van der Waals surface area contributed by atoms with Crippen LogP contribution in [0.2, 0.25) is 0 Å². The van der Waals surface area contributed by atoms with E-state index in [-0.39, 0.29) is 43.0 Å². The van der Waals surface area contributed by atoms with E-state index in [4.69, 9.17) is 4.74 Å². The Balaban J connectivity index is 1.82. The number of ether oxygens (including phenoxy) is 1. The van der Waals surface area contributed by atoms with Gasteiger partial charge in [-0.2, -0.15) is 0 Å². The van der Waals surface area contributed by atoms with Crippen LogP contribution in [0.3, 0.4) is 0 Å². The maximum Gasteiger partial charge on any atom is 0.311 e. The summed E-state index contributed by atoms with van der Waals surface area (Å²) in [5, 5.41) is 10.5. The fraction of sp³-hybridized carbons (Fsp3) is 0.821. The molecule has 2 bridgehead atoms. The standard InChI is InChI=1S/C28H44N2O5S/c1-6-16-29(19-12-10-9-11-13-19)25(33)23-28-15-14-27(5,36-28)22(26(34)35-8-3)21(28)24(32)30(23)20(17-31)18(4)7-2/h6,18-23,31H,1,7-17H2,2-5H3/t18-,20-,21-,22+,23?,27-,28?/m0/s1. The van der Waals surface area contributed by atoms with Gasteiger partial charge in [-0.1, -0.05) is 45.6 Å². The zero-order chi connectivity index (χ0) is 26.3. The molecule has 7 atom stereocenters. The summed E-state index contributed by atoms with van der Waals surface area (Å²) in [7, 11) is 0. The first-order chi connectivity index (χ1) is 17.2. The quantitative estimate of drug-likeness (QED) is 0.348. The maximum absolute atomic E-state index is 14.6. The molecule has 202 valence electrons. The minimum Gasteiger partial charge on any atom is -0.466 e. The summed E-state index contributed by atoms with van der Waals surface area (Å²) in [4.78, 5) is 45.9. The second-order valence-corrected chi connectivity index (χ2v) is 13.3. The SMILES string of the molecule is C=CCN(C(=O)C1N([C@@H](CO)[C@@H](C)CC)C(=O)[C@@H]2[C@H](C(=O)OCC)[C@]3(C)CCC12S3)C1CCCCC1. The van der Waals surface area contributed by atoms with Crippen molar-refractivity contribution in [2.75, 3.05) is 19.8 Å². The lowest BCUT2D eigenvalue weighted by Gasteiger charge is -2.43. The Morgan fingerprint density at radius 1 is 1.28 bits per heavy atom. The Bertz CT molecular complexity index is 876. The smallest absolute Gasteiger partial charge is 0.311 e. The highest BCUT2D eigenvalue weighted by atomic mass is 32.2. The second kappa shape index (κ2) is 10.7. The molecule has 3 saturated heterocycles. The van der Waals surface area contributed by atoms with Crippen molar-refractivity contribution in [2.24, 2.45) is 17.8 Å². The lowest BCUT2D eigenvalue weighted by Crippen LogP contribution is -2.60. The summed E-state index contributed by atoms with van der Waals surface area (Å²) < 4.78 is 4.36. The van der Waals surface area contributed by atoms with Crippen molar-refractivity contribution in [3.05, 3.63) is 12.7 Å². The van der Waals surface area contributed by atoms with E-state index >= 15 is 0 Å². The number of carbonyl (C=O) groups excluding carboxylic acids is 3. The molecule has 2 unspecified atom stereocenters. The lowest BCUT2D eigenvalue weighted by atomic mass is 9.66. The Labute approximate surface area is 220 Å². The van der Waals surface area contributed by atoms with Gasteiger partial charge in [0.1, 0.15) is 6.04 Å². The van der Waals surface area contributed by atoms with E-state index in [0.29, 0.717) is 13.0 Å². The second-order valence-electron chi connectivity index (χ2n) is 11.4. The number of esters is 1. The molecule has 0 aromatic carbocycles. The van der Waals surface area contributed by atoms with Crippen LogP contribution < -0.4 is 0 Å². The third-order valence-corrected chi connectivity index (χ3v) is 11.4. The first-order valence-corrected chi connectivity index (χ1v) is 14.7. The van der Waals surface area contributed by atoms with Gasteiger partial charge in [-0.15, -0.1) is 18.3 Å². The largest absolute Gasteiger partial charge is 0.466 e. The van der Waals surface area contributed by atoms with Gasteiger partial charge >= 0.3 is 5.97 Å². The van der Waals surface area contributed by atoms with E-state index in [1.54, 1.807) is 29.7 Å². The predicted octanol–water partition coefficient (Wildman–Crippen LogP) is 3.79. The molecule has 8 heteroatoms. The van der Waals surface area contributed by atoms with Crippen molar-refractivity contribution in [1.82, 2.24) is 9.80 Å². The number of likely N-dealkylation sites (tertiary alicyclic amines) is 1. The van der Waals surface area contributed by atoms with Crippen molar-refractivity contribution < 1.29 is 24.2 Å². The zero-order valence-corrected chi connectivity index (χ0v) is 23.2. The maximum atomic E-state index is 14.6. The monoisotopic (exact) mass is 520 g/mol. The van der Waals surface area contributed by atoms with Gasteiger partial charge in [0, 0.05) is 17.3 Å². The molecule has 0 aromatic rings. The third-order valence-electron chi connectivity index (χ3n) is 9.46. The van der Waals surface area contributed by atoms with E-state index in [2.05, 4.69) is 13.5 Å². The fourth-order valence-electron chi connectivity index (χ4n) is 7.51. The summed E-state index contributed by atoms with van der Waals surface area (Å²) in [6, 6.07) is -1.04. The Morgan fingerprint density at radius 2 is 1.97 bits per heavy atom. The molecule has 1 N–H and O–H groups in total. The fourth-order valence-corrected chi connectivity index (χ4v) is 9.84. The van der Waals surface area contributed by atoms with Gasteiger partial charge in [-0.05, 0) is 45.4 Å². The zero-order valence-electron chi connectivity index (χ0n) is 22.4. The highest BCUT2D eigenvalue weighted by molar-refractivity contribution is 8.02. The van der Waals surface area contributed by atoms with Crippen LogP contribution in [0.15, 0.2) is 12.7 Å². The van der Waals surface area contributed by atoms with E-state index in [0.717, 1.165) is 38.5 Å². The number of fused-ring (bicyclic) bond motifs is 1. The molecule has 1 spiro atoms. The number of aliphatic hydroxyl groups excluding tert-OH is 1. The summed E-state index contributed by atoms with van der Waals surface area (Å²) in [5.74, 6) is -1.71. The molecule has 2 amide bonds. The number of hydrogen-bond acceptors (Lipinski definition) is 6. The van der Waals surface area contributed by atoms with Crippen LogP contribution in [0.5, 0.6) is 0 Å². The molecule has 36 heavy (non-hydrogen) atoms. The van der Waals surface area contributed by atoms with Gasteiger partial charge in [-0.3, -0.25) is 14.4 Å². The molecule has 7 nitrogen and oxygen atoms in total. The first-order valence-electron chi connectivity index (χ1n) is 13.9. The van der Waals surface area contributed by atoms with Crippen LogP contribution in [0.1, 0.15) is 79.1 Å². The van der Waals surface area contributed by atoms with Crippen LogP contribution in [0.4, 0.5) is 0 Å². The van der Waals surface area contributed by atoms with Crippen LogP contribution >= 0.6 is 11.8 Å². The van der Waals surface area contributed by atoms with Crippen LogP contribution in [-0.4, -0.2) is 80.1 Å². The number of nitrogens with zero attached hydrogens (tertiary/aromatic N) is 2.